The first-order valence-electron chi connectivity index (χ1n) is 10.4. The largest absolute Gasteiger partial charge is 0.387 e. The molecule has 8 nitrogen and oxygen atoms in total. The summed E-state index contributed by atoms with van der Waals surface area (Å²) in [7, 11) is 0. The van der Waals surface area contributed by atoms with Crippen molar-refractivity contribution in [1.29, 1.82) is 0 Å². The molecule has 3 heterocycles. The summed E-state index contributed by atoms with van der Waals surface area (Å²) in [5.74, 6) is 1.57. The van der Waals surface area contributed by atoms with Crippen LogP contribution in [-0.2, 0) is 6.54 Å². The van der Waals surface area contributed by atoms with Crippen LogP contribution < -0.4 is 16.2 Å². The van der Waals surface area contributed by atoms with Crippen molar-refractivity contribution in [2.45, 2.75) is 39.0 Å². The molecule has 4 rings (SSSR count). The summed E-state index contributed by atoms with van der Waals surface area (Å²) in [4.78, 5) is 26.3. The maximum Gasteiger partial charge on any atom is 0.262 e. The van der Waals surface area contributed by atoms with E-state index in [2.05, 4.69) is 25.6 Å². The number of nitrogens with one attached hydrogen (secondary N) is 2. The first-order valence-corrected chi connectivity index (χ1v) is 10.4. The van der Waals surface area contributed by atoms with Gasteiger partial charge in [-0.3, -0.25) is 9.78 Å². The number of hydrogen-bond donors (Lipinski definition) is 3. The van der Waals surface area contributed by atoms with Crippen molar-refractivity contribution >= 4 is 28.2 Å². The smallest absolute Gasteiger partial charge is 0.262 e. The Morgan fingerprint density at radius 3 is 2.56 bits per heavy atom. The van der Waals surface area contributed by atoms with E-state index in [1.165, 1.54) is 4.57 Å². The van der Waals surface area contributed by atoms with Gasteiger partial charge < -0.3 is 20.3 Å². The summed E-state index contributed by atoms with van der Waals surface area (Å²) in [5.41, 5.74) is 0.221. The number of aromatic nitrogens is 4. The lowest BCUT2D eigenvalue weighted by atomic mass is 10.1. The van der Waals surface area contributed by atoms with Crippen LogP contribution in [0.2, 0.25) is 0 Å². The summed E-state index contributed by atoms with van der Waals surface area (Å²) < 4.78 is 1.52. The van der Waals surface area contributed by atoms with E-state index < -0.39 is 6.10 Å². The van der Waals surface area contributed by atoms with E-state index in [9.17, 15) is 9.90 Å². The fourth-order valence-electron chi connectivity index (χ4n) is 3.42. The van der Waals surface area contributed by atoms with Gasteiger partial charge in [-0.2, -0.15) is 0 Å². The van der Waals surface area contributed by atoms with Crippen LogP contribution in [0, 0.1) is 0 Å². The summed E-state index contributed by atoms with van der Waals surface area (Å²) in [5, 5.41) is 18.3. The topological polar surface area (TPSA) is 105 Å². The number of hydrogen-bond acceptors (Lipinski definition) is 7. The standard InChI is InChI=1S/C24H26N6O2/c1-24(2,3)29-22-21-17(13-19(28-22)27-20-14-25-10-11-26-20)9-12-30(23(21)32)15-18(31)16-7-5-4-6-8-16/h4-14,18,31H,15H2,1-3H3,(H2,26,27,28,29). The fraction of sp³-hybridized carbons (Fsp3) is 0.250. The van der Waals surface area contributed by atoms with Gasteiger partial charge in [-0.15, -0.1) is 0 Å². The molecule has 8 heteroatoms. The molecule has 0 saturated heterocycles. The van der Waals surface area contributed by atoms with Crippen molar-refractivity contribution in [1.82, 2.24) is 19.5 Å². The first-order chi connectivity index (χ1) is 15.3. The number of aliphatic hydroxyl groups excluding tert-OH is 1. The van der Waals surface area contributed by atoms with Crippen molar-refractivity contribution in [2.75, 3.05) is 10.6 Å². The highest BCUT2D eigenvalue weighted by molar-refractivity contribution is 5.93. The number of anilines is 3. The van der Waals surface area contributed by atoms with E-state index in [0.29, 0.717) is 22.8 Å². The molecule has 32 heavy (non-hydrogen) atoms. The third-order valence-corrected chi connectivity index (χ3v) is 4.83. The van der Waals surface area contributed by atoms with Crippen LogP contribution in [0.3, 0.4) is 0 Å². The van der Waals surface area contributed by atoms with Gasteiger partial charge in [0.15, 0.2) is 0 Å². The summed E-state index contributed by atoms with van der Waals surface area (Å²) in [6, 6.07) is 13.0. The maximum absolute atomic E-state index is 13.4. The predicted molar refractivity (Wildman–Crippen MR) is 126 cm³/mol. The molecule has 1 unspecified atom stereocenters. The fourth-order valence-corrected chi connectivity index (χ4v) is 3.42. The molecule has 0 bridgehead atoms. The van der Waals surface area contributed by atoms with Crippen LogP contribution >= 0.6 is 0 Å². The lowest BCUT2D eigenvalue weighted by Crippen LogP contribution is -2.29. The first kappa shape index (κ1) is 21.5. The number of rotatable bonds is 6. The molecule has 0 aliphatic carbocycles. The van der Waals surface area contributed by atoms with Gasteiger partial charge in [-0.05, 0) is 43.9 Å². The minimum atomic E-state index is -0.795. The lowest BCUT2D eigenvalue weighted by Gasteiger charge is -2.23. The van der Waals surface area contributed by atoms with Crippen LogP contribution in [0.15, 0.2) is 72.0 Å². The molecule has 3 aromatic heterocycles. The molecule has 0 radical (unpaired) electrons. The van der Waals surface area contributed by atoms with E-state index in [4.69, 9.17) is 0 Å². The van der Waals surface area contributed by atoms with Gasteiger partial charge in [-0.25, -0.2) is 9.97 Å². The number of aliphatic hydroxyl groups is 1. The highest BCUT2D eigenvalue weighted by Crippen LogP contribution is 2.26. The van der Waals surface area contributed by atoms with Gasteiger partial charge in [0.2, 0.25) is 0 Å². The Hall–Kier alpha value is -3.78. The molecule has 0 fully saturated rings. The highest BCUT2D eigenvalue weighted by atomic mass is 16.3. The minimum Gasteiger partial charge on any atom is -0.387 e. The predicted octanol–water partition coefficient (Wildman–Crippen LogP) is 3.87. The third-order valence-electron chi connectivity index (χ3n) is 4.83. The normalized spacial score (nSPS) is 12.5. The molecule has 0 spiro atoms. The number of pyridine rings is 2. The lowest BCUT2D eigenvalue weighted by molar-refractivity contribution is 0.155. The second-order valence-electron chi connectivity index (χ2n) is 8.61. The SMILES string of the molecule is CC(C)(C)Nc1nc(Nc2cnccn2)cc2ccn(CC(O)c3ccccc3)c(=O)c12. The van der Waals surface area contributed by atoms with Crippen molar-refractivity contribution in [3.63, 3.8) is 0 Å². The highest BCUT2D eigenvalue weighted by Gasteiger charge is 2.18. The van der Waals surface area contributed by atoms with Crippen LogP contribution in [0.1, 0.15) is 32.4 Å². The average molecular weight is 431 g/mol. The molecular weight excluding hydrogens is 404 g/mol. The summed E-state index contributed by atoms with van der Waals surface area (Å²) in [6.45, 7) is 6.16. The number of nitrogens with zero attached hydrogens (tertiary/aromatic N) is 4. The second-order valence-corrected chi connectivity index (χ2v) is 8.61. The minimum absolute atomic E-state index is 0.146. The van der Waals surface area contributed by atoms with E-state index in [1.807, 2.05) is 57.2 Å². The van der Waals surface area contributed by atoms with E-state index >= 15 is 0 Å². The second kappa shape index (κ2) is 8.76. The molecular formula is C24H26N6O2. The monoisotopic (exact) mass is 430 g/mol. The van der Waals surface area contributed by atoms with Crippen LogP contribution in [0.25, 0.3) is 10.8 Å². The van der Waals surface area contributed by atoms with Gasteiger partial charge >= 0.3 is 0 Å². The van der Waals surface area contributed by atoms with Crippen molar-refractivity contribution in [3.8, 4) is 0 Å². The molecule has 3 N–H and O–H groups in total. The summed E-state index contributed by atoms with van der Waals surface area (Å²) in [6.07, 6.45) is 5.69. The zero-order valence-electron chi connectivity index (χ0n) is 18.3. The number of benzene rings is 1. The zero-order valence-corrected chi connectivity index (χ0v) is 18.3. The van der Waals surface area contributed by atoms with Crippen LogP contribution in [-0.4, -0.2) is 30.2 Å². The maximum atomic E-state index is 13.4. The Kier molecular flexibility index (Phi) is 5.87. The van der Waals surface area contributed by atoms with Gasteiger partial charge in [0.05, 0.1) is 24.2 Å². The number of fused-ring (bicyclic) bond motifs is 1. The average Bonchev–Trinajstić information content (AvgIpc) is 2.75. The Bertz CT molecular complexity index is 1270. The molecule has 0 aliphatic heterocycles. The van der Waals surface area contributed by atoms with E-state index in [0.717, 1.165) is 10.9 Å². The zero-order chi connectivity index (χ0) is 22.7. The molecule has 1 atom stereocenters. The van der Waals surface area contributed by atoms with Crippen LogP contribution in [0.5, 0.6) is 0 Å². The quantitative estimate of drug-likeness (QED) is 0.426. The van der Waals surface area contributed by atoms with Crippen molar-refractivity contribution < 1.29 is 5.11 Å². The Morgan fingerprint density at radius 2 is 1.88 bits per heavy atom. The van der Waals surface area contributed by atoms with Gasteiger partial charge in [0.1, 0.15) is 17.5 Å². The van der Waals surface area contributed by atoms with E-state index in [1.54, 1.807) is 30.9 Å². The molecule has 0 saturated carbocycles. The van der Waals surface area contributed by atoms with Crippen molar-refractivity contribution in [2.24, 2.45) is 0 Å². The van der Waals surface area contributed by atoms with Gasteiger partial charge in [-0.1, -0.05) is 30.3 Å². The molecule has 1 aromatic carbocycles. The molecule has 164 valence electrons. The molecule has 0 aliphatic rings. The Labute approximate surface area is 186 Å². The molecule has 4 aromatic rings. The molecule has 0 amide bonds. The summed E-state index contributed by atoms with van der Waals surface area (Å²) >= 11 is 0. The van der Waals surface area contributed by atoms with Crippen LogP contribution in [0.4, 0.5) is 17.5 Å². The Morgan fingerprint density at radius 1 is 1.09 bits per heavy atom. The Balaban J connectivity index is 1.76. The third kappa shape index (κ3) is 4.92. The van der Waals surface area contributed by atoms with E-state index in [-0.39, 0.29) is 17.6 Å². The van der Waals surface area contributed by atoms with Gasteiger partial charge in [0, 0.05) is 24.1 Å². The van der Waals surface area contributed by atoms with Crippen molar-refractivity contribution in [3.05, 3.63) is 83.2 Å². The van der Waals surface area contributed by atoms with Gasteiger partial charge in [0.25, 0.3) is 5.56 Å².